The maximum atomic E-state index is 14.3. The smallest absolute Gasteiger partial charge is 0.249 e. The second-order valence-corrected chi connectivity index (χ2v) is 9.26. The molecule has 1 fully saturated rings. The Hall–Kier alpha value is -3.63. The van der Waals surface area contributed by atoms with E-state index in [2.05, 4.69) is 15.6 Å². The SMILES string of the molecule is O=C(NCC1CCCO1)C(c1cccs1)N(C(=O)Cn1nnc2ccccc21)c1cccc(F)c1. The van der Waals surface area contributed by atoms with Crippen LogP contribution in [0.1, 0.15) is 23.8 Å². The molecule has 0 bridgehead atoms. The molecule has 2 aromatic heterocycles. The molecule has 35 heavy (non-hydrogen) atoms. The van der Waals surface area contributed by atoms with E-state index in [0.29, 0.717) is 29.1 Å². The molecule has 1 saturated heterocycles. The summed E-state index contributed by atoms with van der Waals surface area (Å²) in [4.78, 5) is 29.3. The summed E-state index contributed by atoms with van der Waals surface area (Å²) in [6.07, 6.45) is 1.77. The number of carbonyl (C=O) groups excluding carboxylic acids is 2. The fraction of sp³-hybridized carbons (Fsp3) is 0.280. The average molecular weight is 494 g/mol. The zero-order valence-corrected chi connectivity index (χ0v) is 19.7. The molecule has 0 saturated carbocycles. The molecular formula is C25H24FN5O3S. The maximum absolute atomic E-state index is 14.3. The van der Waals surface area contributed by atoms with Crippen LogP contribution in [0.25, 0.3) is 11.0 Å². The summed E-state index contributed by atoms with van der Waals surface area (Å²) in [5.41, 5.74) is 1.63. The van der Waals surface area contributed by atoms with Gasteiger partial charge in [-0.05, 0) is 54.6 Å². The van der Waals surface area contributed by atoms with Crippen molar-refractivity contribution < 1.29 is 18.7 Å². The highest BCUT2D eigenvalue weighted by molar-refractivity contribution is 7.10. The van der Waals surface area contributed by atoms with Crippen molar-refractivity contribution in [3.05, 3.63) is 76.7 Å². The zero-order valence-electron chi connectivity index (χ0n) is 18.8. The fourth-order valence-electron chi connectivity index (χ4n) is 4.24. The van der Waals surface area contributed by atoms with E-state index in [1.54, 1.807) is 18.2 Å². The van der Waals surface area contributed by atoms with Gasteiger partial charge in [-0.1, -0.05) is 29.5 Å². The molecule has 180 valence electrons. The molecule has 2 unspecified atom stereocenters. The van der Waals surface area contributed by atoms with Gasteiger partial charge in [0.25, 0.3) is 0 Å². The van der Waals surface area contributed by atoms with Crippen molar-refractivity contribution in [1.82, 2.24) is 20.3 Å². The van der Waals surface area contributed by atoms with Gasteiger partial charge in [0.2, 0.25) is 11.8 Å². The van der Waals surface area contributed by atoms with Gasteiger partial charge in [-0.3, -0.25) is 14.5 Å². The van der Waals surface area contributed by atoms with Gasteiger partial charge < -0.3 is 10.1 Å². The van der Waals surface area contributed by atoms with Gasteiger partial charge >= 0.3 is 0 Å². The van der Waals surface area contributed by atoms with Crippen LogP contribution >= 0.6 is 11.3 Å². The Morgan fingerprint density at radius 2 is 2.09 bits per heavy atom. The summed E-state index contributed by atoms with van der Waals surface area (Å²) in [6, 6.07) is 15.6. The van der Waals surface area contributed by atoms with Gasteiger partial charge in [-0.2, -0.15) is 0 Å². The topological polar surface area (TPSA) is 89.4 Å². The molecule has 2 atom stereocenters. The monoisotopic (exact) mass is 493 g/mol. The van der Waals surface area contributed by atoms with Crippen LogP contribution in [0.4, 0.5) is 10.1 Å². The average Bonchev–Trinajstić information content (AvgIpc) is 3.64. The first-order valence-electron chi connectivity index (χ1n) is 11.4. The van der Waals surface area contributed by atoms with E-state index in [4.69, 9.17) is 4.74 Å². The number of halogens is 1. The first-order valence-corrected chi connectivity index (χ1v) is 12.3. The molecule has 4 aromatic rings. The van der Waals surface area contributed by atoms with E-state index in [-0.39, 0.29) is 24.2 Å². The van der Waals surface area contributed by atoms with Crippen LogP contribution in [0.5, 0.6) is 0 Å². The number of ether oxygens (including phenoxy) is 1. The lowest BCUT2D eigenvalue weighted by atomic mass is 10.1. The summed E-state index contributed by atoms with van der Waals surface area (Å²) in [5, 5.41) is 13.0. The number of hydrogen-bond donors (Lipinski definition) is 1. The third-order valence-electron chi connectivity index (χ3n) is 5.91. The summed E-state index contributed by atoms with van der Waals surface area (Å²) in [5.74, 6) is -1.28. The van der Waals surface area contributed by atoms with Crippen molar-refractivity contribution >= 4 is 39.9 Å². The van der Waals surface area contributed by atoms with Crippen molar-refractivity contribution in [3.8, 4) is 0 Å². The number of benzene rings is 2. The second-order valence-electron chi connectivity index (χ2n) is 8.28. The van der Waals surface area contributed by atoms with E-state index >= 15 is 0 Å². The van der Waals surface area contributed by atoms with Crippen molar-refractivity contribution in [3.63, 3.8) is 0 Å². The maximum Gasteiger partial charge on any atom is 0.249 e. The number of rotatable bonds is 8. The number of nitrogens with one attached hydrogen (secondary N) is 1. The van der Waals surface area contributed by atoms with Crippen LogP contribution in [0, 0.1) is 5.82 Å². The Morgan fingerprint density at radius 3 is 2.86 bits per heavy atom. The van der Waals surface area contributed by atoms with Crippen molar-refractivity contribution in [2.24, 2.45) is 0 Å². The number of para-hydroxylation sites is 1. The van der Waals surface area contributed by atoms with Crippen LogP contribution in [0.3, 0.4) is 0 Å². The highest BCUT2D eigenvalue weighted by atomic mass is 32.1. The molecule has 1 N–H and O–H groups in total. The van der Waals surface area contributed by atoms with E-state index in [9.17, 15) is 14.0 Å². The molecule has 8 nitrogen and oxygen atoms in total. The molecular weight excluding hydrogens is 469 g/mol. The molecule has 1 aliphatic heterocycles. The number of nitrogens with zero attached hydrogens (tertiary/aromatic N) is 4. The number of hydrogen-bond acceptors (Lipinski definition) is 6. The predicted molar refractivity (Wildman–Crippen MR) is 130 cm³/mol. The van der Waals surface area contributed by atoms with E-state index < -0.39 is 17.8 Å². The fourth-order valence-corrected chi connectivity index (χ4v) is 5.05. The van der Waals surface area contributed by atoms with Crippen molar-refractivity contribution in [1.29, 1.82) is 0 Å². The summed E-state index contributed by atoms with van der Waals surface area (Å²) < 4.78 is 21.4. The molecule has 3 heterocycles. The quantitative estimate of drug-likeness (QED) is 0.404. The summed E-state index contributed by atoms with van der Waals surface area (Å²) in [7, 11) is 0. The minimum Gasteiger partial charge on any atom is -0.376 e. The number of fused-ring (bicyclic) bond motifs is 1. The van der Waals surface area contributed by atoms with E-state index in [0.717, 1.165) is 12.8 Å². The van der Waals surface area contributed by atoms with Crippen molar-refractivity contribution in [2.45, 2.75) is 31.5 Å². The highest BCUT2D eigenvalue weighted by Crippen LogP contribution is 2.31. The number of thiophene rings is 1. The molecule has 0 spiro atoms. The third kappa shape index (κ3) is 5.08. The Balaban J connectivity index is 1.50. The van der Waals surface area contributed by atoms with Crippen molar-refractivity contribution in [2.75, 3.05) is 18.1 Å². The van der Waals surface area contributed by atoms with Crippen LogP contribution in [0.15, 0.2) is 66.0 Å². The Bertz CT molecular complexity index is 1320. The molecule has 2 aromatic carbocycles. The van der Waals surface area contributed by atoms with Crippen LogP contribution in [-0.2, 0) is 20.9 Å². The Kier molecular flexibility index (Phi) is 6.82. The standard InChI is InChI=1S/C25H24FN5O3S/c26-17-6-3-7-18(14-17)31(23(32)16-30-21-10-2-1-9-20(21)28-29-30)24(22-11-5-13-35-22)25(33)27-15-19-8-4-12-34-19/h1-3,5-7,9-11,13-14,19,24H,4,8,12,15-16H2,(H,27,33). The zero-order chi connectivity index (χ0) is 24.2. The van der Waals surface area contributed by atoms with Crippen LogP contribution in [-0.4, -0.2) is 46.1 Å². The predicted octanol–water partition coefficient (Wildman–Crippen LogP) is 3.70. The summed E-state index contributed by atoms with van der Waals surface area (Å²) >= 11 is 1.36. The van der Waals surface area contributed by atoms with E-state index in [1.165, 1.54) is 39.1 Å². The number of carbonyl (C=O) groups is 2. The molecule has 1 aliphatic rings. The van der Waals surface area contributed by atoms with Gasteiger partial charge in [-0.15, -0.1) is 16.4 Å². The normalized spacial score (nSPS) is 16.3. The molecule has 5 rings (SSSR count). The number of aromatic nitrogens is 3. The summed E-state index contributed by atoms with van der Waals surface area (Å²) in [6.45, 7) is 0.853. The Morgan fingerprint density at radius 1 is 1.20 bits per heavy atom. The number of amides is 2. The molecule has 0 radical (unpaired) electrons. The Labute approximate surface area is 205 Å². The number of anilines is 1. The van der Waals surface area contributed by atoms with Crippen LogP contribution in [0.2, 0.25) is 0 Å². The lowest BCUT2D eigenvalue weighted by molar-refractivity contribution is -0.127. The van der Waals surface area contributed by atoms with Crippen LogP contribution < -0.4 is 10.2 Å². The highest BCUT2D eigenvalue weighted by Gasteiger charge is 2.34. The molecule has 2 amide bonds. The van der Waals surface area contributed by atoms with Gasteiger partial charge in [-0.25, -0.2) is 9.07 Å². The minimum atomic E-state index is -0.986. The largest absolute Gasteiger partial charge is 0.376 e. The lowest BCUT2D eigenvalue weighted by Crippen LogP contribution is -2.46. The molecule has 0 aliphatic carbocycles. The lowest BCUT2D eigenvalue weighted by Gasteiger charge is -2.31. The molecule has 10 heteroatoms. The first kappa shape index (κ1) is 23.1. The van der Waals surface area contributed by atoms with Gasteiger partial charge in [0, 0.05) is 23.7 Å². The third-order valence-corrected chi connectivity index (χ3v) is 6.83. The van der Waals surface area contributed by atoms with Gasteiger partial charge in [0.15, 0.2) is 0 Å². The first-order chi connectivity index (χ1) is 17.1. The second kappa shape index (κ2) is 10.3. The van der Waals surface area contributed by atoms with Gasteiger partial charge in [0.1, 0.15) is 23.9 Å². The van der Waals surface area contributed by atoms with Gasteiger partial charge in [0.05, 0.1) is 11.6 Å². The van der Waals surface area contributed by atoms with E-state index in [1.807, 2.05) is 29.6 Å². The minimum absolute atomic E-state index is 0.0530.